The SMILES string of the molecule is COc1ccc(CN2C(=O)c3nc4ccccc4n3CC2(C)C(=O)NC2CCCCCCC2)cc1. The maximum atomic E-state index is 13.9. The molecule has 0 spiro atoms. The quantitative estimate of drug-likeness (QED) is 0.582. The molecule has 1 fully saturated rings. The summed E-state index contributed by atoms with van der Waals surface area (Å²) in [5.74, 6) is 0.827. The Labute approximate surface area is 206 Å². The number of imidazole rings is 1. The minimum absolute atomic E-state index is 0.0895. The van der Waals surface area contributed by atoms with Gasteiger partial charge in [0.05, 0.1) is 24.7 Å². The topological polar surface area (TPSA) is 76.5 Å². The smallest absolute Gasteiger partial charge is 0.291 e. The summed E-state index contributed by atoms with van der Waals surface area (Å²) in [6.45, 7) is 2.58. The van der Waals surface area contributed by atoms with Gasteiger partial charge in [-0.05, 0) is 49.6 Å². The van der Waals surface area contributed by atoms with Gasteiger partial charge in [-0.2, -0.15) is 0 Å². The van der Waals surface area contributed by atoms with Crippen LogP contribution in [0.3, 0.4) is 0 Å². The van der Waals surface area contributed by atoms with Gasteiger partial charge in [0.25, 0.3) is 5.91 Å². The van der Waals surface area contributed by atoms with Crippen molar-refractivity contribution in [1.29, 1.82) is 0 Å². The van der Waals surface area contributed by atoms with E-state index in [1.165, 1.54) is 19.3 Å². The number of methoxy groups -OCH3 is 1. The Bertz CT molecular complexity index is 1210. The first-order valence-electron chi connectivity index (χ1n) is 12.7. The highest BCUT2D eigenvalue weighted by molar-refractivity contribution is 6.01. The number of carbonyl (C=O) groups is 2. The molecule has 2 aliphatic rings. The zero-order chi connectivity index (χ0) is 24.4. The molecular formula is C28H34N4O3. The third-order valence-electron chi connectivity index (χ3n) is 7.58. The minimum Gasteiger partial charge on any atom is -0.497 e. The van der Waals surface area contributed by atoms with Crippen LogP contribution in [0.4, 0.5) is 0 Å². The molecule has 7 heteroatoms. The largest absolute Gasteiger partial charge is 0.497 e. The van der Waals surface area contributed by atoms with Crippen molar-refractivity contribution in [3.05, 3.63) is 59.9 Å². The highest BCUT2D eigenvalue weighted by Gasteiger charge is 2.48. The number of hydrogen-bond donors (Lipinski definition) is 1. The Balaban J connectivity index is 1.50. The zero-order valence-electron chi connectivity index (χ0n) is 20.6. The van der Waals surface area contributed by atoms with Crippen molar-refractivity contribution in [3.8, 4) is 5.75 Å². The number of ether oxygens (including phenoxy) is 1. The molecule has 2 amide bonds. The van der Waals surface area contributed by atoms with Crippen molar-refractivity contribution >= 4 is 22.8 Å². The second-order valence-corrected chi connectivity index (χ2v) is 10.0. The molecular weight excluding hydrogens is 440 g/mol. The van der Waals surface area contributed by atoms with Gasteiger partial charge in [0, 0.05) is 12.6 Å². The standard InChI is InChI=1S/C28H34N4O3/c1-28(27(34)29-21-10-6-4-3-5-7-11-21)19-31-24-13-9-8-12-23(24)30-25(31)26(33)32(28)18-20-14-16-22(35-2)17-15-20/h8-9,12-17,21H,3-7,10-11,18-19H2,1-2H3,(H,29,34). The number of fused-ring (bicyclic) bond motifs is 3. The minimum atomic E-state index is -1.05. The number of nitrogens with one attached hydrogen (secondary N) is 1. The number of benzene rings is 2. The summed E-state index contributed by atoms with van der Waals surface area (Å²) >= 11 is 0. The van der Waals surface area contributed by atoms with Crippen LogP contribution in [0, 0.1) is 0 Å². The number of hydrogen-bond acceptors (Lipinski definition) is 4. The van der Waals surface area contributed by atoms with Gasteiger partial charge < -0.3 is 19.5 Å². The first kappa shape index (κ1) is 23.4. The molecule has 0 radical (unpaired) electrons. The fourth-order valence-electron chi connectivity index (χ4n) is 5.43. The molecule has 5 rings (SSSR count). The van der Waals surface area contributed by atoms with Crippen LogP contribution in [-0.4, -0.2) is 45.0 Å². The number of rotatable bonds is 5. The summed E-state index contributed by atoms with van der Waals surface area (Å²) in [5.41, 5.74) is 1.54. The van der Waals surface area contributed by atoms with Gasteiger partial charge in [0.15, 0.2) is 5.82 Å². The number of aromatic nitrogens is 2. The van der Waals surface area contributed by atoms with Crippen molar-refractivity contribution in [2.45, 2.75) is 76.5 Å². The fraction of sp³-hybridized carbons (Fsp3) is 0.464. The van der Waals surface area contributed by atoms with Crippen molar-refractivity contribution in [2.75, 3.05) is 7.11 Å². The molecule has 2 heterocycles. The zero-order valence-corrected chi connectivity index (χ0v) is 20.6. The molecule has 1 unspecified atom stereocenters. The Hall–Kier alpha value is -3.35. The molecule has 35 heavy (non-hydrogen) atoms. The summed E-state index contributed by atoms with van der Waals surface area (Å²) in [6.07, 6.45) is 7.96. The molecule has 0 saturated heterocycles. The summed E-state index contributed by atoms with van der Waals surface area (Å²) in [5, 5.41) is 3.34. The van der Waals surface area contributed by atoms with E-state index in [2.05, 4.69) is 10.3 Å². The van der Waals surface area contributed by atoms with Crippen LogP contribution in [0.2, 0.25) is 0 Å². The van der Waals surface area contributed by atoms with Gasteiger partial charge >= 0.3 is 0 Å². The summed E-state index contributed by atoms with van der Waals surface area (Å²) in [7, 11) is 1.63. The van der Waals surface area contributed by atoms with Crippen molar-refractivity contribution in [3.63, 3.8) is 0 Å². The van der Waals surface area contributed by atoms with Gasteiger partial charge in [0.2, 0.25) is 5.91 Å². The molecule has 7 nitrogen and oxygen atoms in total. The third kappa shape index (κ3) is 4.51. The van der Waals surface area contributed by atoms with Crippen LogP contribution in [0.1, 0.15) is 68.1 Å². The predicted molar refractivity (Wildman–Crippen MR) is 135 cm³/mol. The average Bonchev–Trinajstić information content (AvgIpc) is 3.22. The lowest BCUT2D eigenvalue weighted by molar-refractivity contribution is -0.134. The number of amides is 2. The monoisotopic (exact) mass is 474 g/mol. The lowest BCUT2D eigenvalue weighted by atomic mass is 9.92. The summed E-state index contributed by atoms with van der Waals surface area (Å²) in [6, 6.07) is 15.5. The van der Waals surface area contributed by atoms with Crippen LogP contribution in [0.15, 0.2) is 48.5 Å². The van der Waals surface area contributed by atoms with Crippen LogP contribution in [0.5, 0.6) is 5.75 Å². The molecule has 1 atom stereocenters. The molecule has 2 aromatic carbocycles. The van der Waals surface area contributed by atoms with Gasteiger partial charge in [-0.15, -0.1) is 0 Å². The first-order valence-corrected chi connectivity index (χ1v) is 12.7. The Kier molecular flexibility index (Phi) is 6.50. The third-order valence-corrected chi connectivity index (χ3v) is 7.58. The van der Waals surface area contributed by atoms with E-state index in [1.807, 2.05) is 60.0 Å². The Morgan fingerprint density at radius 3 is 2.46 bits per heavy atom. The highest BCUT2D eigenvalue weighted by Crippen LogP contribution is 2.32. The predicted octanol–water partition coefficient (Wildman–Crippen LogP) is 4.69. The van der Waals surface area contributed by atoms with E-state index < -0.39 is 5.54 Å². The maximum Gasteiger partial charge on any atom is 0.291 e. The van der Waals surface area contributed by atoms with Crippen molar-refractivity contribution in [1.82, 2.24) is 19.8 Å². The van der Waals surface area contributed by atoms with E-state index in [1.54, 1.807) is 12.0 Å². The van der Waals surface area contributed by atoms with Crippen molar-refractivity contribution in [2.24, 2.45) is 0 Å². The van der Waals surface area contributed by atoms with E-state index in [0.29, 0.717) is 18.9 Å². The van der Waals surface area contributed by atoms with E-state index in [-0.39, 0.29) is 17.9 Å². The summed E-state index contributed by atoms with van der Waals surface area (Å²) in [4.78, 5) is 34.1. The lowest BCUT2D eigenvalue weighted by Crippen LogP contribution is -2.64. The van der Waals surface area contributed by atoms with Crippen LogP contribution < -0.4 is 10.1 Å². The molecule has 1 N–H and O–H groups in total. The van der Waals surface area contributed by atoms with Gasteiger partial charge in [0.1, 0.15) is 11.3 Å². The Morgan fingerprint density at radius 2 is 1.74 bits per heavy atom. The van der Waals surface area contributed by atoms with Crippen LogP contribution in [0.25, 0.3) is 11.0 Å². The molecule has 1 saturated carbocycles. The van der Waals surface area contributed by atoms with Crippen molar-refractivity contribution < 1.29 is 14.3 Å². The Morgan fingerprint density at radius 1 is 1.06 bits per heavy atom. The lowest BCUT2D eigenvalue weighted by Gasteiger charge is -2.44. The van der Waals surface area contributed by atoms with Crippen LogP contribution >= 0.6 is 0 Å². The molecule has 184 valence electrons. The van der Waals surface area contributed by atoms with Crippen LogP contribution in [-0.2, 0) is 17.9 Å². The van der Waals surface area contributed by atoms with E-state index >= 15 is 0 Å². The highest BCUT2D eigenvalue weighted by atomic mass is 16.5. The fourth-order valence-corrected chi connectivity index (χ4v) is 5.43. The summed E-state index contributed by atoms with van der Waals surface area (Å²) < 4.78 is 7.20. The molecule has 1 aliphatic heterocycles. The number of carbonyl (C=O) groups excluding carboxylic acids is 2. The molecule has 3 aromatic rings. The van der Waals surface area contributed by atoms with E-state index in [0.717, 1.165) is 48.0 Å². The number of nitrogens with zero attached hydrogens (tertiary/aromatic N) is 3. The van der Waals surface area contributed by atoms with Gasteiger partial charge in [-0.1, -0.05) is 56.4 Å². The molecule has 1 aromatic heterocycles. The van der Waals surface area contributed by atoms with Gasteiger partial charge in [-0.25, -0.2) is 4.98 Å². The van der Waals surface area contributed by atoms with Gasteiger partial charge in [-0.3, -0.25) is 9.59 Å². The molecule has 1 aliphatic carbocycles. The average molecular weight is 475 g/mol. The normalized spacial score (nSPS) is 21.3. The van der Waals surface area contributed by atoms with E-state index in [4.69, 9.17) is 4.74 Å². The second-order valence-electron chi connectivity index (χ2n) is 10.0. The molecule has 0 bridgehead atoms. The maximum absolute atomic E-state index is 13.9. The second kappa shape index (κ2) is 9.72. The van der Waals surface area contributed by atoms with E-state index in [9.17, 15) is 9.59 Å². The number of para-hydroxylation sites is 2. The first-order chi connectivity index (χ1) is 17.0.